The Morgan fingerprint density at radius 2 is 2.53 bits per heavy atom. The van der Waals surface area contributed by atoms with E-state index in [4.69, 9.17) is 9.26 Å². The van der Waals surface area contributed by atoms with Crippen molar-refractivity contribution in [3.63, 3.8) is 0 Å². The van der Waals surface area contributed by atoms with Crippen LogP contribution in [0.3, 0.4) is 0 Å². The molecule has 1 aliphatic rings. The first-order valence-electron chi connectivity index (χ1n) is 5.28. The van der Waals surface area contributed by atoms with Crippen molar-refractivity contribution in [2.24, 2.45) is 0 Å². The van der Waals surface area contributed by atoms with Crippen LogP contribution in [0.15, 0.2) is 22.9 Å². The van der Waals surface area contributed by atoms with Crippen LogP contribution in [0.4, 0.5) is 0 Å². The molecule has 4 heteroatoms. The van der Waals surface area contributed by atoms with Gasteiger partial charge in [0, 0.05) is 19.2 Å². The summed E-state index contributed by atoms with van der Waals surface area (Å²) in [5, 5.41) is 7.21. The summed E-state index contributed by atoms with van der Waals surface area (Å²) in [5.41, 5.74) is 0.943. The molecule has 0 spiro atoms. The van der Waals surface area contributed by atoms with Crippen molar-refractivity contribution in [3.8, 4) is 0 Å². The molecule has 82 valence electrons. The topological polar surface area (TPSA) is 47.3 Å². The lowest BCUT2D eigenvalue weighted by molar-refractivity contribution is 0.122. The Kier molecular flexibility index (Phi) is 3.40. The number of nitrogens with one attached hydrogen (secondary N) is 1. The minimum Gasteiger partial charge on any atom is -0.497 e. The smallest absolute Gasteiger partial charge is 0.133 e. The van der Waals surface area contributed by atoms with Crippen molar-refractivity contribution in [1.29, 1.82) is 0 Å². The molecule has 15 heavy (non-hydrogen) atoms. The molecule has 0 amide bonds. The Morgan fingerprint density at radius 1 is 1.60 bits per heavy atom. The fraction of sp³-hybridized carbons (Fsp3) is 0.545. The predicted molar refractivity (Wildman–Crippen MR) is 56.2 cm³/mol. The monoisotopic (exact) mass is 208 g/mol. The summed E-state index contributed by atoms with van der Waals surface area (Å²) in [6.45, 7) is 3.49. The maximum atomic E-state index is 5.43. The molecule has 1 aliphatic heterocycles. The molecule has 1 unspecified atom stereocenters. The second kappa shape index (κ2) is 4.98. The zero-order valence-electron chi connectivity index (χ0n) is 8.90. The van der Waals surface area contributed by atoms with E-state index < -0.39 is 0 Å². The second-order valence-corrected chi connectivity index (χ2v) is 3.77. The first-order chi connectivity index (χ1) is 7.34. The van der Waals surface area contributed by atoms with E-state index in [1.165, 1.54) is 0 Å². The van der Waals surface area contributed by atoms with Crippen LogP contribution in [-0.4, -0.2) is 17.8 Å². The summed E-state index contributed by atoms with van der Waals surface area (Å²) in [7, 11) is 0. The Labute approximate surface area is 89.3 Å². The molecule has 0 saturated heterocycles. The third-order valence-electron chi connectivity index (χ3n) is 2.38. The summed E-state index contributed by atoms with van der Waals surface area (Å²) in [6, 6.07) is 1.94. The molecule has 0 radical (unpaired) electrons. The van der Waals surface area contributed by atoms with Crippen LogP contribution in [0.5, 0.6) is 0 Å². The van der Waals surface area contributed by atoms with Crippen LogP contribution in [0.25, 0.3) is 0 Å². The number of nitrogens with zero attached hydrogens (tertiary/aromatic N) is 1. The van der Waals surface area contributed by atoms with Crippen LogP contribution in [-0.2, 0) is 11.3 Å². The molecule has 0 aromatic carbocycles. The van der Waals surface area contributed by atoms with Gasteiger partial charge < -0.3 is 14.6 Å². The van der Waals surface area contributed by atoms with Crippen molar-refractivity contribution in [1.82, 2.24) is 10.5 Å². The number of ether oxygens (including phenoxy) is 1. The maximum Gasteiger partial charge on any atom is 0.133 e. The van der Waals surface area contributed by atoms with Gasteiger partial charge >= 0.3 is 0 Å². The van der Waals surface area contributed by atoms with E-state index in [0.29, 0.717) is 6.10 Å². The van der Waals surface area contributed by atoms with Gasteiger partial charge in [-0.25, -0.2) is 0 Å². The SMILES string of the molecule is Cc1cc(CNCC2CCC=CO2)no1. The number of rotatable bonds is 4. The van der Waals surface area contributed by atoms with Crippen LogP contribution < -0.4 is 5.32 Å². The molecule has 0 fully saturated rings. The normalized spacial score (nSPS) is 20.2. The van der Waals surface area contributed by atoms with Crippen molar-refractivity contribution >= 4 is 0 Å². The van der Waals surface area contributed by atoms with Crippen LogP contribution in [0.1, 0.15) is 24.3 Å². The second-order valence-electron chi connectivity index (χ2n) is 3.77. The Hall–Kier alpha value is -1.29. The standard InChI is InChI=1S/C11H16N2O2/c1-9-6-10(13-15-9)7-12-8-11-4-2-3-5-14-11/h3,5-6,11-12H,2,4,7-8H2,1H3. The Balaban J connectivity index is 1.68. The number of hydrogen-bond acceptors (Lipinski definition) is 4. The molecule has 0 aliphatic carbocycles. The fourth-order valence-electron chi connectivity index (χ4n) is 1.60. The van der Waals surface area contributed by atoms with Crippen molar-refractivity contribution in [3.05, 3.63) is 29.9 Å². The molecular formula is C11H16N2O2. The highest BCUT2D eigenvalue weighted by atomic mass is 16.5. The van der Waals surface area contributed by atoms with Gasteiger partial charge in [-0.2, -0.15) is 0 Å². The number of hydrogen-bond donors (Lipinski definition) is 1. The third-order valence-corrected chi connectivity index (χ3v) is 2.38. The average molecular weight is 208 g/mol. The number of aryl methyl sites for hydroxylation is 1. The summed E-state index contributed by atoms with van der Waals surface area (Å²) in [6.07, 6.45) is 6.33. The molecule has 2 heterocycles. The van der Waals surface area contributed by atoms with Gasteiger partial charge in [0.2, 0.25) is 0 Å². The summed E-state index contributed by atoms with van der Waals surface area (Å²) in [5.74, 6) is 0.851. The predicted octanol–water partition coefficient (Wildman–Crippen LogP) is 1.77. The van der Waals surface area contributed by atoms with Crippen LogP contribution in [0, 0.1) is 6.92 Å². The van der Waals surface area contributed by atoms with Gasteiger partial charge in [-0.3, -0.25) is 0 Å². The molecule has 1 atom stereocenters. The lowest BCUT2D eigenvalue weighted by Gasteiger charge is -2.19. The highest BCUT2D eigenvalue weighted by Gasteiger charge is 2.10. The first kappa shape index (κ1) is 10.2. The average Bonchev–Trinajstić information content (AvgIpc) is 2.66. The molecule has 0 bridgehead atoms. The van der Waals surface area contributed by atoms with Crippen molar-refractivity contribution in [2.75, 3.05) is 6.54 Å². The minimum atomic E-state index is 0.294. The first-order valence-corrected chi connectivity index (χ1v) is 5.28. The van der Waals surface area contributed by atoms with Crippen LogP contribution >= 0.6 is 0 Å². The van der Waals surface area contributed by atoms with Crippen LogP contribution in [0.2, 0.25) is 0 Å². The van der Waals surface area contributed by atoms with Gasteiger partial charge in [0.05, 0.1) is 12.0 Å². The van der Waals surface area contributed by atoms with E-state index in [0.717, 1.165) is 37.4 Å². The molecule has 1 aromatic heterocycles. The largest absolute Gasteiger partial charge is 0.497 e. The molecule has 2 rings (SSSR count). The number of aromatic nitrogens is 1. The van der Waals surface area contributed by atoms with Gasteiger partial charge in [0.15, 0.2) is 0 Å². The zero-order chi connectivity index (χ0) is 10.5. The highest BCUT2D eigenvalue weighted by molar-refractivity contribution is 5.02. The minimum absolute atomic E-state index is 0.294. The van der Waals surface area contributed by atoms with E-state index in [-0.39, 0.29) is 0 Å². The maximum absolute atomic E-state index is 5.43. The van der Waals surface area contributed by atoms with Crippen molar-refractivity contribution in [2.45, 2.75) is 32.4 Å². The van der Waals surface area contributed by atoms with Gasteiger partial charge in [0.25, 0.3) is 0 Å². The molecule has 1 aromatic rings. The third kappa shape index (κ3) is 3.09. The van der Waals surface area contributed by atoms with Gasteiger partial charge in [-0.1, -0.05) is 5.16 Å². The summed E-state index contributed by atoms with van der Waals surface area (Å²) < 4.78 is 10.4. The fourth-order valence-corrected chi connectivity index (χ4v) is 1.60. The van der Waals surface area contributed by atoms with Gasteiger partial charge in [0.1, 0.15) is 11.9 Å². The number of allylic oxidation sites excluding steroid dienone is 1. The summed E-state index contributed by atoms with van der Waals surface area (Å²) in [4.78, 5) is 0. The molecule has 4 nitrogen and oxygen atoms in total. The van der Waals surface area contributed by atoms with E-state index in [1.807, 2.05) is 13.0 Å². The zero-order valence-corrected chi connectivity index (χ0v) is 8.90. The lowest BCUT2D eigenvalue weighted by atomic mass is 10.1. The van der Waals surface area contributed by atoms with Gasteiger partial charge in [-0.15, -0.1) is 0 Å². The molecule has 0 saturated carbocycles. The van der Waals surface area contributed by atoms with Gasteiger partial charge in [-0.05, 0) is 25.8 Å². The Morgan fingerprint density at radius 3 is 3.20 bits per heavy atom. The van der Waals surface area contributed by atoms with E-state index in [9.17, 15) is 0 Å². The Bertz CT molecular complexity index is 333. The molecular weight excluding hydrogens is 192 g/mol. The summed E-state index contributed by atoms with van der Waals surface area (Å²) >= 11 is 0. The highest BCUT2D eigenvalue weighted by Crippen LogP contribution is 2.09. The van der Waals surface area contributed by atoms with E-state index in [1.54, 1.807) is 6.26 Å². The van der Waals surface area contributed by atoms with Crippen molar-refractivity contribution < 1.29 is 9.26 Å². The lowest BCUT2D eigenvalue weighted by Crippen LogP contribution is -2.28. The van der Waals surface area contributed by atoms with E-state index in [2.05, 4.69) is 16.5 Å². The van der Waals surface area contributed by atoms with E-state index >= 15 is 0 Å². The quantitative estimate of drug-likeness (QED) is 0.819. The molecule has 1 N–H and O–H groups in total.